The molecular formula is C20H25ClN3O2+. The van der Waals surface area contributed by atoms with Crippen molar-refractivity contribution in [2.45, 2.75) is 20.8 Å². The Kier molecular flexibility index (Phi) is 5.49. The maximum absolute atomic E-state index is 12.9. The zero-order valence-corrected chi connectivity index (χ0v) is 16.3. The van der Waals surface area contributed by atoms with Crippen molar-refractivity contribution in [3.8, 4) is 5.69 Å². The van der Waals surface area contributed by atoms with Gasteiger partial charge in [-0.2, -0.15) is 0 Å². The molecule has 1 amide bonds. The van der Waals surface area contributed by atoms with Gasteiger partial charge in [0, 0.05) is 34.6 Å². The number of aromatic nitrogens is 1. The fourth-order valence-electron chi connectivity index (χ4n) is 3.67. The number of hydrogen-bond acceptors (Lipinski definition) is 2. The lowest BCUT2D eigenvalue weighted by Crippen LogP contribution is -3.15. The van der Waals surface area contributed by atoms with Crippen LogP contribution in [0.3, 0.4) is 0 Å². The molecule has 0 atom stereocenters. The predicted octanol–water partition coefficient (Wildman–Crippen LogP) is 1.68. The van der Waals surface area contributed by atoms with Crippen LogP contribution in [0.4, 0.5) is 0 Å². The lowest BCUT2D eigenvalue weighted by atomic mass is 10.1. The second-order valence-corrected chi connectivity index (χ2v) is 7.39. The molecule has 0 aliphatic carbocycles. The number of nitrogens with one attached hydrogen (secondary N) is 1. The Balaban J connectivity index is 1.74. The molecule has 5 nitrogen and oxygen atoms in total. The molecule has 1 aromatic heterocycles. The van der Waals surface area contributed by atoms with Crippen LogP contribution in [0.25, 0.3) is 5.69 Å². The van der Waals surface area contributed by atoms with Gasteiger partial charge in [-0.05, 0) is 44.2 Å². The standard InChI is InChI=1S/C20H24ClN3O2/c1-14-12-19(15(2)24(14)18-6-4-17(21)5-7-18)20(26)13-22-8-10-23(11-9-22)16(3)25/h4-7,12H,8-11,13H2,1-3H3/p+1. The first-order chi connectivity index (χ1) is 12.4. The largest absolute Gasteiger partial charge is 0.332 e. The first-order valence-corrected chi connectivity index (χ1v) is 9.32. The Labute approximate surface area is 159 Å². The van der Waals surface area contributed by atoms with E-state index in [-0.39, 0.29) is 11.7 Å². The van der Waals surface area contributed by atoms with Crippen molar-refractivity contribution in [1.29, 1.82) is 0 Å². The molecule has 26 heavy (non-hydrogen) atoms. The van der Waals surface area contributed by atoms with Crippen molar-refractivity contribution in [2.75, 3.05) is 32.7 Å². The third kappa shape index (κ3) is 3.84. The third-order valence-electron chi connectivity index (χ3n) is 5.14. The van der Waals surface area contributed by atoms with E-state index < -0.39 is 0 Å². The van der Waals surface area contributed by atoms with Gasteiger partial charge < -0.3 is 14.4 Å². The number of ketones is 1. The number of Topliss-reactive ketones (excluding diaryl/α,β-unsaturated/α-hetero) is 1. The van der Waals surface area contributed by atoms with Crippen LogP contribution in [0.2, 0.25) is 5.02 Å². The van der Waals surface area contributed by atoms with Crippen molar-refractivity contribution >= 4 is 23.3 Å². The van der Waals surface area contributed by atoms with E-state index in [1.165, 1.54) is 4.90 Å². The summed E-state index contributed by atoms with van der Waals surface area (Å²) in [6.45, 7) is 9.15. The van der Waals surface area contributed by atoms with Gasteiger partial charge in [-0.15, -0.1) is 0 Å². The lowest BCUT2D eigenvalue weighted by Gasteiger charge is -2.31. The molecule has 138 valence electrons. The molecule has 1 fully saturated rings. The van der Waals surface area contributed by atoms with E-state index in [1.807, 2.05) is 49.1 Å². The summed E-state index contributed by atoms with van der Waals surface area (Å²) in [6, 6.07) is 9.61. The first kappa shape index (κ1) is 18.7. The molecule has 2 heterocycles. The SMILES string of the molecule is CC(=O)N1CC[NH+](CC(=O)c2cc(C)n(-c3ccc(Cl)cc3)c2C)CC1. The van der Waals surface area contributed by atoms with Crippen molar-refractivity contribution in [3.05, 3.63) is 52.3 Å². The van der Waals surface area contributed by atoms with Crippen molar-refractivity contribution < 1.29 is 14.5 Å². The number of rotatable bonds is 4. The first-order valence-electron chi connectivity index (χ1n) is 8.94. The van der Waals surface area contributed by atoms with Crippen LogP contribution in [0.1, 0.15) is 28.7 Å². The van der Waals surface area contributed by atoms with Crippen molar-refractivity contribution in [3.63, 3.8) is 0 Å². The number of benzene rings is 1. The van der Waals surface area contributed by atoms with E-state index in [1.54, 1.807) is 6.92 Å². The molecule has 1 N–H and O–H groups in total. The number of aryl methyl sites for hydroxylation is 1. The quantitative estimate of drug-likeness (QED) is 0.828. The van der Waals surface area contributed by atoms with E-state index in [9.17, 15) is 9.59 Å². The van der Waals surface area contributed by atoms with Gasteiger partial charge in [-0.25, -0.2) is 0 Å². The second kappa shape index (κ2) is 7.64. The highest BCUT2D eigenvalue weighted by atomic mass is 35.5. The zero-order valence-electron chi connectivity index (χ0n) is 15.5. The summed E-state index contributed by atoms with van der Waals surface area (Å²) in [4.78, 5) is 27.4. The van der Waals surface area contributed by atoms with E-state index in [0.29, 0.717) is 11.6 Å². The van der Waals surface area contributed by atoms with Crippen LogP contribution < -0.4 is 4.90 Å². The van der Waals surface area contributed by atoms with Crippen LogP contribution >= 0.6 is 11.6 Å². The highest BCUT2D eigenvalue weighted by molar-refractivity contribution is 6.30. The van der Waals surface area contributed by atoms with Crippen LogP contribution in [0.5, 0.6) is 0 Å². The lowest BCUT2D eigenvalue weighted by molar-refractivity contribution is -0.895. The monoisotopic (exact) mass is 374 g/mol. The summed E-state index contributed by atoms with van der Waals surface area (Å²) in [5.41, 5.74) is 3.77. The Morgan fingerprint density at radius 3 is 2.31 bits per heavy atom. The minimum Gasteiger partial charge on any atom is -0.332 e. The molecule has 0 unspecified atom stereocenters. The zero-order chi connectivity index (χ0) is 18.8. The number of carbonyl (C=O) groups is 2. The van der Waals surface area contributed by atoms with Gasteiger partial charge in [-0.3, -0.25) is 9.59 Å². The van der Waals surface area contributed by atoms with Crippen molar-refractivity contribution in [2.24, 2.45) is 0 Å². The number of amides is 1. The predicted molar refractivity (Wildman–Crippen MR) is 102 cm³/mol. The smallest absolute Gasteiger partial charge is 0.219 e. The molecular weight excluding hydrogens is 350 g/mol. The van der Waals surface area contributed by atoms with Crippen LogP contribution in [-0.2, 0) is 4.79 Å². The molecule has 3 rings (SSSR count). The summed E-state index contributed by atoms with van der Waals surface area (Å²) in [5.74, 6) is 0.270. The Bertz CT molecular complexity index is 818. The molecule has 2 aromatic rings. The topological polar surface area (TPSA) is 46.8 Å². The molecule has 1 aliphatic rings. The third-order valence-corrected chi connectivity index (χ3v) is 5.39. The molecule has 0 saturated carbocycles. The van der Waals surface area contributed by atoms with Gasteiger partial charge in [0.05, 0.1) is 26.2 Å². The highest BCUT2D eigenvalue weighted by Crippen LogP contribution is 2.22. The number of halogens is 1. The highest BCUT2D eigenvalue weighted by Gasteiger charge is 2.25. The number of quaternary nitrogens is 1. The molecule has 0 radical (unpaired) electrons. The van der Waals surface area contributed by atoms with Gasteiger partial charge in [-0.1, -0.05) is 11.6 Å². The van der Waals surface area contributed by atoms with Gasteiger partial charge >= 0.3 is 0 Å². The summed E-state index contributed by atoms with van der Waals surface area (Å²) in [5, 5.41) is 0.695. The summed E-state index contributed by atoms with van der Waals surface area (Å²) in [7, 11) is 0. The van der Waals surface area contributed by atoms with Crippen molar-refractivity contribution in [1.82, 2.24) is 9.47 Å². The molecule has 1 aromatic carbocycles. The summed E-state index contributed by atoms with van der Waals surface area (Å²) >= 11 is 5.98. The summed E-state index contributed by atoms with van der Waals surface area (Å²) < 4.78 is 2.09. The van der Waals surface area contributed by atoms with Gasteiger partial charge in [0.2, 0.25) is 11.7 Å². The Hall–Kier alpha value is -2.11. The minimum absolute atomic E-state index is 0.113. The number of carbonyl (C=O) groups excluding carboxylic acids is 2. The van der Waals surface area contributed by atoms with E-state index in [0.717, 1.165) is 48.8 Å². The fraction of sp³-hybridized carbons (Fsp3) is 0.400. The fourth-order valence-corrected chi connectivity index (χ4v) is 3.80. The van der Waals surface area contributed by atoms with Gasteiger partial charge in [0.15, 0.2) is 0 Å². The maximum Gasteiger partial charge on any atom is 0.219 e. The molecule has 6 heteroatoms. The van der Waals surface area contributed by atoms with Crippen LogP contribution in [0.15, 0.2) is 30.3 Å². The average Bonchev–Trinajstić information content (AvgIpc) is 2.91. The summed E-state index contributed by atoms with van der Waals surface area (Å²) in [6.07, 6.45) is 0. The number of nitrogens with zero attached hydrogens (tertiary/aromatic N) is 2. The Morgan fingerprint density at radius 1 is 1.12 bits per heavy atom. The number of hydrogen-bond donors (Lipinski definition) is 1. The molecule has 0 spiro atoms. The van der Waals surface area contributed by atoms with Gasteiger partial charge in [0.25, 0.3) is 0 Å². The molecule has 1 saturated heterocycles. The van der Waals surface area contributed by atoms with Crippen LogP contribution in [-0.4, -0.2) is 53.9 Å². The second-order valence-electron chi connectivity index (χ2n) is 6.95. The number of piperazine rings is 1. The Morgan fingerprint density at radius 2 is 1.73 bits per heavy atom. The van der Waals surface area contributed by atoms with E-state index in [2.05, 4.69) is 4.57 Å². The van der Waals surface area contributed by atoms with Gasteiger partial charge in [0.1, 0.15) is 6.54 Å². The van der Waals surface area contributed by atoms with Crippen LogP contribution in [0, 0.1) is 13.8 Å². The maximum atomic E-state index is 12.9. The van der Waals surface area contributed by atoms with E-state index >= 15 is 0 Å². The molecule has 0 bridgehead atoms. The normalized spacial score (nSPS) is 15.3. The average molecular weight is 375 g/mol. The van der Waals surface area contributed by atoms with E-state index in [4.69, 9.17) is 11.6 Å². The minimum atomic E-state index is 0.113. The molecule has 1 aliphatic heterocycles.